The molecule has 0 spiro atoms. The molecule has 0 aliphatic rings. The number of hydrogen-bond donors (Lipinski definition) is 0. The van der Waals surface area contributed by atoms with Crippen LogP contribution in [0.1, 0.15) is 40.0 Å². The molecule has 2 heteroatoms. The molecule has 0 aliphatic heterocycles. The molecule has 1 atom stereocenters. The predicted octanol–water partition coefficient (Wildman–Crippen LogP) is 3.76. The van der Waals surface area contributed by atoms with Gasteiger partial charge in [0.05, 0.1) is 0 Å². The zero-order valence-corrected chi connectivity index (χ0v) is 13.2. The Kier molecular flexibility index (Phi) is 7.14. The Morgan fingerprint density at radius 2 is 1.50 bits per heavy atom. The van der Waals surface area contributed by atoms with Crippen molar-refractivity contribution in [1.82, 2.24) is 4.90 Å². The van der Waals surface area contributed by atoms with Gasteiger partial charge in [0.1, 0.15) is 0 Å². The van der Waals surface area contributed by atoms with Crippen LogP contribution in [0.2, 0.25) is 17.3 Å². The molecule has 0 N–H and O–H groups in total. The van der Waals surface area contributed by atoms with Gasteiger partial charge in [-0.2, -0.15) is 0 Å². The monoisotopic (exact) mass is 261 g/mol. The maximum absolute atomic E-state index is 2.69. The molecule has 0 aromatic rings. The van der Waals surface area contributed by atoms with Crippen LogP contribution in [0, 0.1) is 0 Å². The van der Waals surface area contributed by atoms with E-state index in [1.807, 2.05) is 0 Å². The SMILES string of the molecule is CCCC[CH](N(CC)CC)[Ge]([CH3])([CH3])[CH3]. The zero-order valence-electron chi connectivity index (χ0n) is 11.1. The first-order valence-electron chi connectivity index (χ1n) is 6.21. The van der Waals surface area contributed by atoms with Gasteiger partial charge >= 0.3 is 93.4 Å². The minimum absolute atomic E-state index is 0.935. The van der Waals surface area contributed by atoms with Crippen LogP contribution >= 0.6 is 0 Å². The number of hydrogen-bond acceptors (Lipinski definition) is 1. The van der Waals surface area contributed by atoms with Gasteiger partial charge < -0.3 is 0 Å². The van der Waals surface area contributed by atoms with E-state index in [-0.39, 0.29) is 0 Å². The molecular weight excluding hydrogens is 231 g/mol. The molecule has 0 saturated carbocycles. The quantitative estimate of drug-likeness (QED) is 0.630. The van der Waals surface area contributed by atoms with E-state index in [2.05, 4.69) is 42.9 Å². The first kappa shape index (κ1) is 14.5. The second-order valence-electron chi connectivity index (χ2n) is 5.25. The van der Waals surface area contributed by atoms with Crippen LogP contribution in [0.3, 0.4) is 0 Å². The van der Waals surface area contributed by atoms with Crippen molar-refractivity contribution in [3.63, 3.8) is 0 Å². The number of unbranched alkanes of at least 4 members (excludes halogenated alkanes) is 1. The van der Waals surface area contributed by atoms with Gasteiger partial charge in [0.25, 0.3) is 0 Å². The van der Waals surface area contributed by atoms with Crippen molar-refractivity contribution in [1.29, 1.82) is 0 Å². The van der Waals surface area contributed by atoms with Crippen molar-refractivity contribution in [2.45, 2.75) is 62.2 Å². The van der Waals surface area contributed by atoms with E-state index in [1.165, 1.54) is 32.4 Å². The molecule has 1 nitrogen and oxygen atoms in total. The summed E-state index contributed by atoms with van der Waals surface area (Å²) in [5, 5.41) is 0. The van der Waals surface area contributed by atoms with Crippen molar-refractivity contribution in [3.8, 4) is 0 Å². The average Bonchev–Trinajstić information content (AvgIpc) is 2.10. The summed E-state index contributed by atoms with van der Waals surface area (Å²) in [5.41, 5.74) is 0. The van der Waals surface area contributed by atoms with Crippen molar-refractivity contribution >= 4 is 13.3 Å². The summed E-state index contributed by atoms with van der Waals surface area (Å²) in [7, 11) is 0. The van der Waals surface area contributed by atoms with Crippen LogP contribution in [0.4, 0.5) is 0 Å². The van der Waals surface area contributed by atoms with E-state index in [9.17, 15) is 0 Å². The van der Waals surface area contributed by atoms with Crippen molar-refractivity contribution in [2.75, 3.05) is 13.1 Å². The molecule has 0 radical (unpaired) electrons. The van der Waals surface area contributed by atoms with Gasteiger partial charge in [-0.3, -0.25) is 0 Å². The van der Waals surface area contributed by atoms with Crippen LogP contribution in [0.15, 0.2) is 0 Å². The fourth-order valence-corrected chi connectivity index (χ4v) is 7.53. The first-order valence-corrected chi connectivity index (χ1v) is 13.7. The molecule has 1 unspecified atom stereocenters. The van der Waals surface area contributed by atoms with Crippen LogP contribution in [-0.2, 0) is 0 Å². The first-order chi connectivity index (χ1) is 6.47. The van der Waals surface area contributed by atoms with Crippen LogP contribution in [-0.4, -0.2) is 36.1 Å². The summed E-state index contributed by atoms with van der Waals surface area (Å²) in [5.74, 6) is 7.66. The fraction of sp³-hybridized carbons (Fsp3) is 1.00. The summed E-state index contributed by atoms with van der Waals surface area (Å²) < 4.78 is 0. The molecule has 0 aliphatic carbocycles. The molecule has 0 bridgehead atoms. The molecule has 0 heterocycles. The summed E-state index contributed by atoms with van der Waals surface area (Å²) in [4.78, 5) is 3.63. The third-order valence-electron chi connectivity index (χ3n) is 3.08. The minimum atomic E-state index is -1.50. The van der Waals surface area contributed by atoms with Gasteiger partial charge in [0.2, 0.25) is 0 Å². The van der Waals surface area contributed by atoms with Crippen LogP contribution in [0.25, 0.3) is 0 Å². The van der Waals surface area contributed by atoms with Crippen LogP contribution in [0.5, 0.6) is 0 Å². The second-order valence-corrected chi connectivity index (χ2v) is 16.6. The van der Waals surface area contributed by atoms with E-state index in [1.54, 1.807) is 0 Å². The molecule has 0 amide bonds. The zero-order chi connectivity index (χ0) is 11.2. The summed E-state index contributed by atoms with van der Waals surface area (Å²) in [6.07, 6.45) is 4.18. The Labute approximate surface area is 93.6 Å². The molecule has 0 aromatic carbocycles. The average molecular weight is 260 g/mol. The number of rotatable bonds is 7. The Bertz CT molecular complexity index is 136. The Hall–Kier alpha value is 0.503. The van der Waals surface area contributed by atoms with E-state index >= 15 is 0 Å². The Morgan fingerprint density at radius 1 is 1.00 bits per heavy atom. The molecule has 86 valence electrons. The Morgan fingerprint density at radius 3 is 1.79 bits per heavy atom. The van der Waals surface area contributed by atoms with Gasteiger partial charge in [-0.05, 0) is 0 Å². The molecule has 14 heavy (non-hydrogen) atoms. The van der Waals surface area contributed by atoms with Gasteiger partial charge in [-0.1, -0.05) is 0 Å². The van der Waals surface area contributed by atoms with E-state index in [4.69, 9.17) is 0 Å². The molecule has 0 fully saturated rings. The third-order valence-corrected chi connectivity index (χ3v) is 8.65. The fourth-order valence-electron chi connectivity index (χ4n) is 2.23. The van der Waals surface area contributed by atoms with Crippen molar-refractivity contribution < 1.29 is 0 Å². The third kappa shape index (κ3) is 4.83. The van der Waals surface area contributed by atoms with E-state index in [0.717, 1.165) is 4.87 Å². The molecule has 0 saturated heterocycles. The van der Waals surface area contributed by atoms with E-state index in [0.29, 0.717) is 0 Å². The van der Waals surface area contributed by atoms with Gasteiger partial charge in [0.15, 0.2) is 0 Å². The summed E-state index contributed by atoms with van der Waals surface area (Å²) in [6, 6.07) is 0. The van der Waals surface area contributed by atoms with Gasteiger partial charge in [0, 0.05) is 0 Å². The van der Waals surface area contributed by atoms with Crippen LogP contribution < -0.4 is 0 Å². The normalized spacial score (nSPS) is 14.8. The number of nitrogens with zero attached hydrogens (tertiary/aromatic N) is 1. The molecular formula is C12H29GeN. The van der Waals surface area contributed by atoms with Gasteiger partial charge in [-0.15, -0.1) is 0 Å². The van der Waals surface area contributed by atoms with E-state index < -0.39 is 13.3 Å². The van der Waals surface area contributed by atoms with Crippen molar-refractivity contribution in [3.05, 3.63) is 0 Å². The summed E-state index contributed by atoms with van der Waals surface area (Å²) in [6.45, 7) is 9.36. The van der Waals surface area contributed by atoms with Gasteiger partial charge in [-0.25, -0.2) is 0 Å². The topological polar surface area (TPSA) is 3.24 Å². The molecule has 0 rings (SSSR count). The van der Waals surface area contributed by atoms with Crippen molar-refractivity contribution in [2.24, 2.45) is 0 Å². The maximum atomic E-state index is 2.69. The second kappa shape index (κ2) is 6.89. The predicted molar refractivity (Wildman–Crippen MR) is 69.6 cm³/mol. The molecule has 0 aromatic heterocycles. The summed E-state index contributed by atoms with van der Waals surface area (Å²) >= 11 is -1.50. The standard InChI is InChI=1S/C12H29GeN/c1-7-10-11-12(13(4,5)6)14(8-2)9-3/h12H,7-11H2,1-6H3. The Balaban J connectivity index is 4.37.